The van der Waals surface area contributed by atoms with Crippen molar-refractivity contribution in [2.24, 2.45) is 0 Å². The van der Waals surface area contributed by atoms with Crippen LogP contribution in [0.2, 0.25) is 0 Å². The minimum absolute atomic E-state index is 0.218. The molecule has 3 aromatic rings. The van der Waals surface area contributed by atoms with Gasteiger partial charge in [-0.3, -0.25) is 9.89 Å². The molecular formula is C21H19N3O3. The molecule has 1 aromatic heterocycles. The molecule has 0 spiro atoms. The monoisotopic (exact) mass is 361 g/mol. The number of amides is 1. The van der Waals surface area contributed by atoms with E-state index in [9.17, 15) is 9.59 Å². The third-order valence-electron chi connectivity index (χ3n) is 4.65. The highest BCUT2D eigenvalue weighted by Crippen LogP contribution is 2.28. The standard InChI is InChI=1S/C21H19N3O3/c1-14(20(25)24-12-11-16-9-5-6-10-19(16)24)27-21(26)18-13-17(22-23-18)15-7-3-2-4-8-15/h2-10,13-14H,11-12H2,1H3,(H,22,23)/t14-/m0/s1. The number of hydrogen-bond donors (Lipinski definition) is 1. The second-order valence-corrected chi connectivity index (χ2v) is 6.45. The van der Waals surface area contributed by atoms with Gasteiger partial charge in [-0.1, -0.05) is 48.5 Å². The Morgan fingerprint density at radius 3 is 2.67 bits per heavy atom. The molecule has 6 heteroatoms. The van der Waals surface area contributed by atoms with Crippen LogP contribution in [0.15, 0.2) is 60.7 Å². The maximum Gasteiger partial charge on any atom is 0.357 e. The van der Waals surface area contributed by atoms with Crippen LogP contribution in [-0.4, -0.2) is 34.7 Å². The van der Waals surface area contributed by atoms with E-state index in [0.29, 0.717) is 12.2 Å². The molecule has 1 aliphatic rings. The Morgan fingerprint density at radius 2 is 1.85 bits per heavy atom. The molecule has 2 heterocycles. The fourth-order valence-electron chi connectivity index (χ4n) is 3.24. The first-order chi connectivity index (χ1) is 13.1. The molecule has 27 heavy (non-hydrogen) atoms. The third kappa shape index (κ3) is 3.33. The minimum atomic E-state index is -0.882. The highest BCUT2D eigenvalue weighted by atomic mass is 16.5. The zero-order chi connectivity index (χ0) is 18.8. The van der Waals surface area contributed by atoms with Crippen LogP contribution in [0, 0.1) is 0 Å². The largest absolute Gasteiger partial charge is 0.448 e. The van der Waals surface area contributed by atoms with Gasteiger partial charge in [-0.15, -0.1) is 0 Å². The Hall–Kier alpha value is -3.41. The van der Waals surface area contributed by atoms with E-state index >= 15 is 0 Å². The molecule has 0 bridgehead atoms. The van der Waals surface area contributed by atoms with Crippen LogP contribution >= 0.6 is 0 Å². The first-order valence-electron chi connectivity index (χ1n) is 8.84. The topological polar surface area (TPSA) is 75.3 Å². The van der Waals surface area contributed by atoms with Gasteiger partial charge in [0.25, 0.3) is 5.91 Å². The fourth-order valence-corrected chi connectivity index (χ4v) is 3.24. The molecule has 0 radical (unpaired) electrons. The number of carbonyl (C=O) groups is 2. The van der Waals surface area contributed by atoms with E-state index in [0.717, 1.165) is 23.2 Å². The Kier molecular flexibility index (Phi) is 4.46. The smallest absolute Gasteiger partial charge is 0.357 e. The van der Waals surface area contributed by atoms with E-state index in [4.69, 9.17) is 4.74 Å². The van der Waals surface area contributed by atoms with Crippen LogP contribution in [0.4, 0.5) is 5.69 Å². The molecule has 0 saturated carbocycles. The summed E-state index contributed by atoms with van der Waals surface area (Å²) in [4.78, 5) is 26.8. The van der Waals surface area contributed by atoms with Crippen molar-refractivity contribution in [1.29, 1.82) is 0 Å². The summed E-state index contributed by atoms with van der Waals surface area (Å²) in [6, 6.07) is 18.9. The molecule has 136 valence electrons. The summed E-state index contributed by atoms with van der Waals surface area (Å²) < 4.78 is 5.37. The molecule has 0 aliphatic carbocycles. The lowest BCUT2D eigenvalue weighted by Gasteiger charge is -2.21. The van der Waals surface area contributed by atoms with E-state index in [2.05, 4.69) is 10.2 Å². The number of para-hydroxylation sites is 1. The van der Waals surface area contributed by atoms with Gasteiger partial charge in [-0.05, 0) is 31.0 Å². The zero-order valence-electron chi connectivity index (χ0n) is 14.9. The van der Waals surface area contributed by atoms with Gasteiger partial charge in [-0.2, -0.15) is 5.10 Å². The van der Waals surface area contributed by atoms with Gasteiger partial charge >= 0.3 is 5.97 Å². The summed E-state index contributed by atoms with van der Waals surface area (Å²) in [5.41, 5.74) is 3.78. The number of ether oxygens (including phenoxy) is 1. The van der Waals surface area contributed by atoms with Crippen molar-refractivity contribution in [3.8, 4) is 11.3 Å². The summed E-state index contributed by atoms with van der Waals surface area (Å²) >= 11 is 0. The Bertz CT molecular complexity index is 981. The molecule has 0 fully saturated rings. The number of anilines is 1. The van der Waals surface area contributed by atoms with Gasteiger partial charge in [-0.25, -0.2) is 4.79 Å². The molecule has 4 rings (SSSR count). The highest BCUT2D eigenvalue weighted by molar-refractivity contribution is 6.00. The number of nitrogens with zero attached hydrogens (tertiary/aromatic N) is 2. The summed E-state index contributed by atoms with van der Waals surface area (Å²) in [5.74, 6) is -0.825. The Labute approximate surface area is 156 Å². The maximum atomic E-state index is 12.7. The molecule has 0 saturated heterocycles. The number of hydrogen-bond acceptors (Lipinski definition) is 4. The second kappa shape index (κ2) is 7.07. The first-order valence-corrected chi connectivity index (χ1v) is 8.84. The van der Waals surface area contributed by atoms with Crippen LogP contribution in [0.25, 0.3) is 11.3 Å². The second-order valence-electron chi connectivity index (χ2n) is 6.45. The van der Waals surface area contributed by atoms with Crippen molar-refractivity contribution >= 4 is 17.6 Å². The van der Waals surface area contributed by atoms with Crippen LogP contribution in [0.1, 0.15) is 23.0 Å². The van der Waals surface area contributed by atoms with E-state index in [1.165, 1.54) is 0 Å². The molecule has 1 atom stereocenters. The third-order valence-corrected chi connectivity index (χ3v) is 4.65. The summed E-state index contributed by atoms with van der Waals surface area (Å²) in [6.45, 7) is 2.19. The number of aromatic amines is 1. The fraction of sp³-hybridized carbons (Fsp3) is 0.190. The molecule has 1 amide bonds. The van der Waals surface area contributed by atoms with Crippen LogP contribution in [-0.2, 0) is 16.0 Å². The average Bonchev–Trinajstić information content (AvgIpc) is 3.35. The first kappa shape index (κ1) is 17.0. The minimum Gasteiger partial charge on any atom is -0.448 e. The van der Waals surface area contributed by atoms with Crippen molar-refractivity contribution in [1.82, 2.24) is 10.2 Å². The van der Waals surface area contributed by atoms with E-state index in [1.807, 2.05) is 54.6 Å². The van der Waals surface area contributed by atoms with Crippen molar-refractivity contribution < 1.29 is 14.3 Å². The lowest BCUT2D eigenvalue weighted by molar-refractivity contribution is -0.126. The Balaban J connectivity index is 1.44. The quantitative estimate of drug-likeness (QED) is 0.724. The van der Waals surface area contributed by atoms with E-state index in [-0.39, 0.29) is 11.6 Å². The zero-order valence-corrected chi connectivity index (χ0v) is 14.9. The van der Waals surface area contributed by atoms with Crippen molar-refractivity contribution in [2.75, 3.05) is 11.4 Å². The van der Waals surface area contributed by atoms with Crippen molar-refractivity contribution in [3.05, 3.63) is 71.9 Å². The maximum absolute atomic E-state index is 12.7. The predicted molar refractivity (Wildman–Crippen MR) is 101 cm³/mol. The van der Waals surface area contributed by atoms with Gasteiger partial charge < -0.3 is 9.64 Å². The molecule has 0 unspecified atom stereocenters. The highest BCUT2D eigenvalue weighted by Gasteiger charge is 2.30. The number of fused-ring (bicyclic) bond motifs is 1. The predicted octanol–water partition coefficient (Wildman–Crippen LogP) is 3.21. The van der Waals surface area contributed by atoms with Gasteiger partial charge in [0.1, 0.15) is 5.69 Å². The lowest BCUT2D eigenvalue weighted by atomic mass is 10.1. The van der Waals surface area contributed by atoms with Gasteiger partial charge in [0, 0.05) is 17.8 Å². The SMILES string of the molecule is C[C@H](OC(=O)c1cc(-c2ccccc2)n[nH]1)C(=O)N1CCc2ccccc21. The number of H-pyrrole nitrogens is 1. The van der Waals surface area contributed by atoms with Gasteiger partial charge in [0.15, 0.2) is 6.10 Å². The number of aromatic nitrogens is 2. The molecule has 1 N–H and O–H groups in total. The van der Waals surface area contributed by atoms with E-state index in [1.54, 1.807) is 17.9 Å². The van der Waals surface area contributed by atoms with Gasteiger partial charge in [0.05, 0.1) is 5.69 Å². The number of esters is 1. The number of benzene rings is 2. The van der Waals surface area contributed by atoms with Gasteiger partial charge in [0.2, 0.25) is 0 Å². The lowest BCUT2D eigenvalue weighted by Crippen LogP contribution is -2.39. The van der Waals surface area contributed by atoms with Crippen molar-refractivity contribution in [2.45, 2.75) is 19.4 Å². The average molecular weight is 361 g/mol. The molecule has 1 aliphatic heterocycles. The number of carbonyl (C=O) groups excluding carboxylic acids is 2. The van der Waals surface area contributed by atoms with Crippen LogP contribution in [0.5, 0.6) is 0 Å². The van der Waals surface area contributed by atoms with Crippen LogP contribution < -0.4 is 4.90 Å². The summed E-state index contributed by atoms with van der Waals surface area (Å²) in [7, 11) is 0. The van der Waals surface area contributed by atoms with E-state index < -0.39 is 12.1 Å². The summed E-state index contributed by atoms with van der Waals surface area (Å²) in [6.07, 6.45) is -0.0732. The Morgan fingerprint density at radius 1 is 1.11 bits per heavy atom. The van der Waals surface area contributed by atoms with Crippen LogP contribution in [0.3, 0.4) is 0 Å². The number of nitrogens with one attached hydrogen (secondary N) is 1. The summed E-state index contributed by atoms with van der Waals surface area (Å²) in [5, 5.41) is 6.83. The molecular weight excluding hydrogens is 342 g/mol. The normalized spacial score (nSPS) is 13.9. The molecule has 2 aromatic carbocycles. The molecule has 6 nitrogen and oxygen atoms in total. The van der Waals surface area contributed by atoms with Crippen molar-refractivity contribution in [3.63, 3.8) is 0 Å². The number of rotatable bonds is 4.